The Morgan fingerprint density at radius 1 is 1.29 bits per heavy atom. The predicted molar refractivity (Wildman–Crippen MR) is 58.1 cm³/mol. The first kappa shape index (κ1) is 11.4. The Morgan fingerprint density at radius 2 is 1.94 bits per heavy atom. The van der Waals surface area contributed by atoms with Crippen LogP contribution in [0.5, 0.6) is 0 Å². The molecule has 0 fully saturated rings. The third-order valence-electron chi connectivity index (χ3n) is 2.70. The average Bonchev–Trinajstić information content (AvgIpc) is 2.23. The number of aromatic carboxylic acids is 1. The predicted octanol–water partition coefficient (Wildman–Crippen LogP) is 2.83. The summed E-state index contributed by atoms with van der Waals surface area (Å²) in [6.45, 7) is 3.01. The fourth-order valence-electron chi connectivity index (χ4n) is 1.90. The topological polar surface area (TPSA) is 50.2 Å². The van der Waals surface area contributed by atoms with Crippen LogP contribution in [0.3, 0.4) is 0 Å². The van der Waals surface area contributed by atoms with Gasteiger partial charge in [-0.05, 0) is 31.5 Å². The highest BCUT2D eigenvalue weighted by molar-refractivity contribution is 5.97. The molecule has 0 unspecified atom stereocenters. The highest BCUT2D eigenvalue weighted by Gasteiger charge is 2.18. The number of fused-ring (bicyclic) bond motifs is 1. The van der Waals surface area contributed by atoms with Gasteiger partial charge in [0.15, 0.2) is 11.6 Å². The normalized spacial score (nSPS) is 10.8. The molecule has 0 aliphatic carbocycles. The Hall–Kier alpha value is -2.04. The largest absolute Gasteiger partial charge is 0.478 e. The van der Waals surface area contributed by atoms with Crippen molar-refractivity contribution in [1.82, 2.24) is 4.98 Å². The molecule has 1 N–H and O–H groups in total. The first-order chi connectivity index (χ1) is 7.93. The molecule has 0 amide bonds. The van der Waals surface area contributed by atoms with E-state index >= 15 is 0 Å². The minimum absolute atomic E-state index is 0.0310. The number of hydrogen-bond donors (Lipinski definition) is 1. The molecule has 0 spiro atoms. The number of aryl methyl sites for hydroxylation is 2. The molecule has 0 radical (unpaired) electrons. The molecule has 1 aromatic carbocycles. The van der Waals surface area contributed by atoms with Gasteiger partial charge in [-0.3, -0.25) is 0 Å². The van der Waals surface area contributed by atoms with E-state index in [9.17, 15) is 13.6 Å². The summed E-state index contributed by atoms with van der Waals surface area (Å²) in [4.78, 5) is 14.9. The van der Waals surface area contributed by atoms with Gasteiger partial charge in [0.05, 0.1) is 11.3 Å². The zero-order valence-corrected chi connectivity index (χ0v) is 9.21. The van der Waals surface area contributed by atoms with Gasteiger partial charge in [0.25, 0.3) is 0 Å². The third-order valence-corrected chi connectivity index (χ3v) is 2.70. The summed E-state index contributed by atoms with van der Waals surface area (Å²) in [6.07, 6.45) is 0. The maximum absolute atomic E-state index is 13.5. The molecule has 0 atom stereocenters. The van der Waals surface area contributed by atoms with Crippen LogP contribution in [0, 0.1) is 25.5 Å². The summed E-state index contributed by atoms with van der Waals surface area (Å²) in [5.74, 6) is -3.17. The van der Waals surface area contributed by atoms with Gasteiger partial charge in [0.1, 0.15) is 5.52 Å². The second kappa shape index (κ2) is 3.76. The second-order valence-corrected chi connectivity index (χ2v) is 3.76. The number of carboxylic acid groups (broad SMARTS) is 1. The molecule has 0 aliphatic rings. The quantitative estimate of drug-likeness (QED) is 0.829. The van der Waals surface area contributed by atoms with E-state index in [2.05, 4.69) is 4.98 Å². The standard InChI is InChI=1S/C12H9F2NO2/c1-5-7-3-4-8(13)10(14)11(7)15-6(2)9(5)12(16)17/h3-4H,1-2H3,(H,16,17). The van der Waals surface area contributed by atoms with Crippen molar-refractivity contribution in [2.45, 2.75) is 13.8 Å². The van der Waals surface area contributed by atoms with Crippen LogP contribution in [-0.2, 0) is 0 Å². The SMILES string of the molecule is Cc1nc2c(F)c(F)ccc2c(C)c1C(=O)O. The van der Waals surface area contributed by atoms with E-state index in [0.29, 0.717) is 10.9 Å². The summed E-state index contributed by atoms with van der Waals surface area (Å²) in [6, 6.07) is 2.30. The molecule has 0 saturated heterocycles. The molecule has 1 aromatic heterocycles. The Balaban J connectivity index is 2.96. The van der Waals surface area contributed by atoms with Crippen LogP contribution < -0.4 is 0 Å². The number of benzene rings is 1. The summed E-state index contributed by atoms with van der Waals surface area (Å²) in [5.41, 5.74) is 0.458. The molecule has 88 valence electrons. The van der Waals surface area contributed by atoms with Crippen molar-refractivity contribution in [1.29, 1.82) is 0 Å². The van der Waals surface area contributed by atoms with Crippen LogP contribution in [-0.4, -0.2) is 16.1 Å². The van der Waals surface area contributed by atoms with Crippen molar-refractivity contribution in [2.75, 3.05) is 0 Å². The number of carboxylic acids is 1. The van der Waals surface area contributed by atoms with Gasteiger partial charge < -0.3 is 5.11 Å². The minimum atomic E-state index is -1.13. The lowest BCUT2D eigenvalue weighted by molar-refractivity contribution is 0.0695. The molecule has 0 aliphatic heterocycles. The number of hydrogen-bond acceptors (Lipinski definition) is 2. The van der Waals surface area contributed by atoms with Gasteiger partial charge in [-0.15, -0.1) is 0 Å². The minimum Gasteiger partial charge on any atom is -0.478 e. The van der Waals surface area contributed by atoms with Gasteiger partial charge in [-0.1, -0.05) is 0 Å². The van der Waals surface area contributed by atoms with Gasteiger partial charge in [0, 0.05) is 5.39 Å². The Kier molecular flexibility index (Phi) is 2.53. The van der Waals surface area contributed by atoms with Crippen molar-refractivity contribution in [2.24, 2.45) is 0 Å². The molecular weight excluding hydrogens is 228 g/mol. The van der Waals surface area contributed by atoms with Crippen molar-refractivity contribution >= 4 is 16.9 Å². The number of carbonyl (C=O) groups is 1. The summed E-state index contributed by atoms with van der Waals surface area (Å²) in [7, 11) is 0. The zero-order chi connectivity index (χ0) is 12.7. The van der Waals surface area contributed by atoms with Crippen molar-refractivity contribution < 1.29 is 18.7 Å². The van der Waals surface area contributed by atoms with Crippen molar-refractivity contribution in [3.8, 4) is 0 Å². The van der Waals surface area contributed by atoms with E-state index in [1.807, 2.05) is 0 Å². The lowest BCUT2D eigenvalue weighted by Gasteiger charge is -2.09. The molecule has 3 nitrogen and oxygen atoms in total. The molecule has 2 rings (SSSR count). The van der Waals surface area contributed by atoms with Crippen LogP contribution >= 0.6 is 0 Å². The van der Waals surface area contributed by atoms with E-state index in [1.54, 1.807) is 6.92 Å². The number of nitrogens with zero attached hydrogens (tertiary/aromatic N) is 1. The maximum Gasteiger partial charge on any atom is 0.337 e. The molecular formula is C12H9F2NO2. The molecule has 2 aromatic rings. The highest BCUT2D eigenvalue weighted by atomic mass is 19.2. The molecule has 5 heteroatoms. The summed E-state index contributed by atoms with van der Waals surface area (Å²) in [5, 5.41) is 9.33. The van der Waals surface area contributed by atoms with Gasteiger partial charge >= 0.3 is 5.97 Å². The third kappa shape index (κ3) is 1.63. The lowest BCUT2D eigenvalue weighted by Crippen LogP contribution is -2.07. The van der Waals surface area contributed by atoms with E-state index in [0.717, 1.165) is 6.07 Å². The van der Waals surface area contributed by atoms with Crippen LogP contribution in [0.1, 0.15) is 21.6 Å². The Labute approximate surface area is 95.7 Å². The number of rotatable bonds is 1. The number of halogens is 2. The summed E-state index contributed by atoms with van der Waals surface area (Å²) >= 11 is 0. The van der Waals surface area contributed by atoms with Gasteiger partial charge in [-0.2, -0.15) is 0 Å². The van der Waals surface area contributed by atoms with Crippen LogP contribution in [0.15, 0.2) is 12.1 Å². The van der Waals surface area contributed by atoms with Gasteiger partial charge in [0.2, 0.25) is 0 Å². The first-order valence-corrected chi connectivity index (χ1v) is 4.91. The second-order valence-electron chi connectivity index (χ2n) is 3.76. The van der Waals surface area contributed by atoms with Crippen LogP contribution in [0.2, 0.25) is 0 Å². The Bertz CT molecular complexity index is 638. The van der Waals surface area contributed by atoms with E-state index in [4.69, 9.17) is 5.11 Å². The van der Waals surface area contributed by atoms with Crippen molar-refractivity contribution in [3.05, 3.63) is 40.6 Å². The number of pyridine rings is 1. The monoisotopic (exact) mass is 237 g/mol. The molecule has 17 heavy (non-hydrogen) atoms. The fourth-order valence-corrected chi connectivity index (χ4v) is 1.90. The Morgan fingerprint density at radius 3 is 2.53 bits per heavy atom. The maximum atomic E-state index is 13.5. The van der Waals surface area contributed by atoms with E-state index < -0.39 is 17.6 Å². The average molecular weight is 237 g/mol. The van der Waals surface area contributed by atoms with Crippen LogP contribution in [0.25, 0.3) is 10.9 Å². The molecule has 0 bridgehead atoms. The van der Waals surface area contributed by atoms with Crippen LogP contribution in [0.4, 0.5) is 8.78 Å². The zero-order valence-electron chi connectivity index (χ0n) is 9.21. The van der Waals surface area contributed by atoms with Crippen molar-refractivity contribution in [3.63, 3.8) is 0 Å². The van der Waals surface area contributed by atoms with Gasteiger partial charge in [-0.25, -0.2) is 18.6 Å². The molecule has 1 heterocycles. The smallest absolute Gasteiger partial charge is 0.337 e. The first-order valence-electron chi connectivity index (χ1n) is 4.91. The molecule has 0 saturated carbocycles. The summed E-state index contributed by atoms with van der Waals surface area (Å²) < 4.78 is 26.5. The van der Waals surface area contributed by atoms with E-state index in [1.165, 1.54) is 13.0 Å². The highest BCUT2D eigenvalue weighted by Crippen LogP contribution is 2.25. The van der Waals surface area contributed by atoms with E-state index in [-0.39, 0.29) is 16.8 Å². The lowest BCUT2D eigenvalue weighted by atomic mass is 10.0. The fraction of sp³-hybridized carbons (Fsp3) is 0.167. The number of aromatic nitrogens is 1.